The second-order valence-corrected chi connectivity index (χ2v) is 9.63. The first-order valence-corrected chi connectivity index (χ1v) is 9.66. The van der Waals surface area contributed by atoms with Crippen LogP contribution in [0.3, 0.4) is 0 Å². The van der Waals surface area contributed by atoms with Crippen molar-refractivity contribution in [3.05, 3.63) is 39.4 Å². The van der Waals surface area contributed by atoms with Crippen LogP contribution in [0.2, 0.25) is 5.02 Å². The minimum Gasteiger partial charge on any atom is -0.481 e. The molecule has 11 heteroatoms. The number of carboxylic acids is 1. The third-order valence-corrected chi connectivity index (χ3v) is 9.11. The molecule has 3 rings (SSSR count). The molecule has 26 heavy (non-hydrogen) atoms. The zero-order valence-corrected chi connectivity index (χ0v) is 17.7. The average Bonchev–Trinajstić information content (AvgIpc) is 2.77. The number of amides is 1. The van der Waals surface area contributed by atoms with E-state index < -0.39 is 37.8 Å². The normalized spacial score (nSPS) is 34.9. The SMILES string of the molecule is O=C(Nc1ccc(Cl)cc1)[C@@H]1[C@H](C(=O)O)[C@@]2(Cl)C(Cl)=C(Cl)[C@@]1(Cl)C2(Cl)Cl. The summed E-state index contributed by atoms with van der Waals surface area (Å²) in [6, 6.07) is 6.14. The Labute approximate surface area is 183 Å². The monoisotopic (exact) mass is 495 g/mol. The first kappa shape index (κ1) is 20.7. The van der Waals surface area contributed by atoms with Gasteiger partial charge in [0.1, 0.15) is 9.75 Å². The summed E-state index contributed by atoms with van der Waals surface area (Å²) in [5, 5.41) is 12.2. The Bertz CT molecular complexity index is 840. The number of hydrogen-bond acceptors (Lipinski definition) is 2. The van der Waals surface area contributed by atoms with E-state index >= 15 is 0 Å². The molecule has 0 aliphatic heterocycles. The van der Waals surface area contributed by atoms with Crippen LogP contribution in [0.5, 0.6) is 0 Å². The molecule has 4 nitrogen and oxygen atoms in total. The van der Waals surface area contributed by atoms with Crippen molar-refractivity contribution in [2.75, 3.05) is 5.32 Å². The van der Waals surface area contributed by atoms with E-state index in [0.29, 0.717) is 10.7 Å². The van der Waals surface area contributed by atoms with Gasteiger partial charge in [-0.05, 0) is 24.3 Å². The van der Waals surface area contributed by atoms with Crippen LogP contribution in [0, 0.1) is 11.8 Å². The van der Waals surface area contributed by atoms with E-state index in [1.54, 1.807) is 12.1 Å². The predicted octanol–water partition coefficient (Wildman–Crippen LogP) is 5.44. The molecular formula is C15H8Cl7NO3. The Kier molecular flexibility index (Phi) is 5.15. The van der Waals surface area contributed by atoms with Crippen molar-refractivity contribution >= 4 is 98.8 Å². The molecule has 4 atom stereocenters. The second-order valence-electron chi connectivity index (χ2n) is 5.92. The molecule has 0 heterocycles. The van der Waals surface area contributed by atoms with E-state index in [0.717, 1.165) is 0 Å². The zero-order valence-electron chi connectivity index (χ0n) is 12.4. The Hall–Kier alpha value is -0.0700. The van der Waals surface area contributed by atoms with E-state index in [1.165, 1.54) is 12.1 Å². The van der Waals surface area contributed by atoms with Crippen LogP contribution in [0.4, 0.5) is 5.69 Å². The van der Waals surface area contributed by atoms with Crippen molar-refractivity contribution in [1.82, 2.24) is 0 Å². The number of fused-ring (bicyclic) bond motifs is 2. The molecule has 2 aliphatic rings. The lowest BCUT2D eigenvalue weighted by atomic mass is 9.81. The number of carbonyl (C=O) groups excluding carboxylic acids is 1. The smallest absolute Gasteiger partial charge is 0.309 e. The van der Waals surface area contributed by atoms with Gasteiger partial charge in [-0.2, -0.15) is 0 Å². The lowest BCUT2D eigenvalue weighted by Crippen LogP contribution is -2.47. The van der Waals surface area contributed by atoms with E-state index in [1.807, 2.05) is 0 Å². The number of carboxylic acid groups (broad SMARTS) is 1. The molecule has 2 N–H and O–H groups in total. The van der Waals surface area contributed by atoms with Crippen LogP contribution in [0.15, 0.2) is 34.3 Å². The largest absolute Gasteiger partial charge is 0.481 e. The lowest BCUT2D eigenvalue weighted by molar-refractivity contribution is -0.146. The third-order valence-electron chi connectivity index (χ3n) is 4.60. The topological polar surface area (TPSA) is 66.4 Å². The maximum Gasteiger partial charge on any atom is 0.309 e. The van der Waals surface area contributed by atoms with Crippen LogP contribution in [0.1, 0.15) is 0 Å². The average molecular weight is 498 g/mol. The fourth-order valence-corrected chi connectivity index (χ4v) is 6.44. The molecule has 1 amide bonds. The van der Waals surface area contributed by atoms with Gasteiger partial charge in [-0.25, -0.2) is 0 Å². The highest BCUT2D eigenvalue weighted by atomic mass is 35.5. The lowest BCUT2D eigenvalue weighted by Gasteiger charge is -2.33. The van der Waals surface area contributed by atoms with E-state index in [4.69, 9.17) is 81.2 Å². The minimum atomic E-state index is -2.14. The zero-order chi connectivity index (χ0) is 19.7. The maximum absolute atomic E-state index is 12.9. The van der Waals surface area contributed by atoms with Crippen molar-refractivity contribution in [2.45, 2.75) is 14.1 Å². The summed E-state index contributed by atoms with van der Waals surface area (Å²) in [7, 11) is 0. The molecule has 0 spiro atoms. The van der Waals surface area contributed by atoms with Crippen LogP contribution in [-0.4, -0.2) is 31.1 Å². The first-order valence-electron chi connectivity index (χ1n) is 7.01. The summed E-state index contributed by atoms with van der Waals surface area (Å²) in [6.45, 7) is 0. The summed E-state index contributed by atoms with van der Waals surface area (Å²) in [5.41, 5.74) is 0.358. The molecular weight excluding hydrogens is 490 g/mol. The second kappa shape index (κ2) is 6.48. The van der Waals surface area contributed by atoms with E-state index in [9.17, 15) is 14.7 Å². The van der Waals surface area contributed by atoms with Crippen LogP contribution < -0.4 is 5.32 Å². The van der Waals surface area contributed by atoms with E-state index in [2.05, 4.69) is 5.32 Å². The first-order chi connectivity index (χ1) is 11.9. The van der Waals surface area contributed by atoms with Gasteiger partial charge < -0.3 is 10.4 Å². The molecule has 1 saturated carbocycles. The van der Waals surface area contributed by atoms with Crippen molar-refractivity contribution < 1.29 is 14.7 Å². The summed E-state index contributed by atoms with van der Waals surface area (Å²) < 4.78 is -2.14. The standard InChI is InChI=1S/C15H8Cl7NO3/c16-5-1-3-6(4-2-5)23-11(24)7-8(12(25)26)14(20)10(18)9(17)13(7,19)15(14,21)22/h1-4,7-8H,(H,23,24)(H,25,26)/t7-,8+,13+,14+/m0/s1. The van der Waals surface area contributed by atoms with Crippen molar-refractivity contribution in [2.24, 2.45) is 11.8 Å². The number of anilines is 1. The van der Waals surface area contributed by atoms with Gasteiger partial charge in [0.2, 0.25) is 5.91 Å². The van der Waals surface area contributed by atoms with Gasteiger partial charge in [0.05, 0.1) is 21.9 Å². The van der Waals surface area contributed by atoms with Crippen LogP contribution in [0.25, 0.3) is 0 Å². The quantitative estimate of drug-likeness (QED) is 0.546. The number of alkyl halides is 4. The van der Waals surface area contributed by atoms with Gasteiger partial charge in [-0.3, -0.25) is 9.59 Å². The molecule has 1 aromatic carbocycles. The van der Waals surface area contributed by atoms with E-state index in [-0.39, 0.29) is 10.1 Å². The molecule has 0 unspecified atom stereocenters. The van der Waals surface area contributed by atoms with Gasteiger partial charge in [-0.1, -0.05) is 58.0 Å². The van der Waals surface area contributed by atoms with Gasteiger partial charge >= 0.3 is 5.97 Å². The number of rotatable bonds is 3. The Morgan fingerprint density at radius 3 is 1.81 bits per heavy atom. The summed E-state index contributed by atoms with van der Waals surface area (Å²) in [5.74, 6) is -5.31. The highest BCUT2D eigenvalue weighted by Gasteiger charge is 2.85. The molecule has 0 radical (unpaired) electrons. The Balaban J connectivity index is 2.10. The molecule has 1 fully saturated rings. The van der Waals surface area contributed by atoms with Gasteiger partial charge in [0, 0.05) is 10.7 Å². The predicted molar refractivity (Wildman–Crippen MR) is 105 cm³/mol. The molecule has 140 valence electrons. The molecule has 1 aromatic rings. The van der Waals surface area contributed by atoms with Crippen molar-refractivity contribution in [1.29, 1.82) is 0 Å². The molecule has 2 bridgehead atoms. The number of aliphatic carboxylic acids is 1. The number of allylic oxidation sites excluding steroid dienone is 2. The van der Waals surface area contributed by atoms with Crippen molar-refractivity contribution in [3.8, 4) is 0 Å². The summed E-state index contributed by atoms with van der Waals surface area (Å²) in [4.78, 5) is 20.7. The Morgan fingerprint density at radius 1 is 0.885 bits per heavy atom. The fraction of sp³-hybridized carbons (Fsp3) is 0.333. The number of benzene rings is 1. The summed E-state index contributed by atoms with van der Waals surface area (Å²) in [6.07, 6.45) is 0. The Morgan fingerprint density at radius 2 is 1.35 bits per heavy atom. The molecule has 0 saturated heterocycles. The van der Waals surface area contributed by atoms with Crippen molar-refractivity contribution in [3.63, 3.8) is 0 Å². The third kappa shape index (κ3) is 2.43. The highest BCUT2D eigenvalue weighted by molar-refractivity contribution is 6.66. The highest BCUT2D eigenvalue weighted by Crippen LogP contribution is 2.76. The van der Waals surface area contributed by atoms with Crippen LogP contribution in [-0.2, 0) is 9.59 Å². The molecule has 2 aliphatic carbocycles. The number of halogens is 7. The van der Waals surface area contributed by atoms with Gasteiger partial charge in [0.25, 0.3) is 0 Å². The van der Waals surface area contributed by atoms with Gasteiger partial charge in [-0.15, -0.1) is 23.2 Å². The van der Waals surface area contributed by atoms with Gasteiger partial charge in [0.15, 0.2) is 4.33 Å². The maximum atomic E-state index is 12.9. The molecule has 0 aromatic heterocycles. The van der Waals surface area contributed by atoms with Crippen LogP contribution >= 0.6 is 81.2 Å². The summed E-state index contributed by atoms with van der Waals surface area (Å²) >= 11 is 43.8. The number of hydrogen-bond donors (Lipinski definition) is 2. The minimum absolute atomic E-state index is 0.255. The number of carbonyl (C=O) groups is 2. The number of nitrogens with one attached hydrogen (secondary N) is 1. The fourth-order valence-electron chi connectivity index (χ4n) is 3.38.